The van der Waals surface area contributed by atoms with E-state index in [-0.39, 0.29) is 11.3 Å². The highest BCUT2D eigenvalue weighted by Crippen LogP contribution is 2.40. The van der Waals surface area contributed by atoms with Gasteiger partial charge in [-0.05, 0) is 37.3 Å². The van der Waals surface area contributed by atoms with Crippen molar-refractivity contribution in [1.82, 2.24) is 24.7 Å². The van der Waals surface area contributed by atoms with Crippen LogP contribution in [-0.2, 0) is 4.79 Å². The minimum Gasteiger partial charge on any atom is -0.328 e. The van der Waals surface area contributed by atoms with E-state index < -0.39 is 16.9 Å². The van der Waals surface area contributed by atoms with Gasteiger partial charge < -0.3 is 10.6 Å². The maximum absolute atomic E-state index is 13.5. The quantitative estimate of drug-likeness (QED) is 0.344. The van der Waals surface area contributed by atoms with Crippen molar-refractivity contribution in [3.8, 4) is 11.4 Å². The van der Waals surface area contributed by atoms with Crippen molar-refractivity contribution in [2.45, 2.75) is 13.0 Å². The molecule has 1 atom stereocenters. The van der Waals surface area contributed by atoms with Crippen molar-refractivity contribution in [2.75, 3.05) is 10.6 Å². The summed E-state index contributed by atoms with van der Waals surface area (Å²) in [7, 11) is 0. The van der Waals surface area contributed by atoms with E-state index in [4.69, 9.17) is 0 Å². The number of nitro benzene ring substituents is 1. The van der Waals surface area contributed by atoms with Crippen molar-refractivity contribution >= 4 is 23.2 Å². The summed E-state index contributed by atoms with van der Waals surface area (Å²) in [6.07, 6.45) is 6.37. The van der Waals surface area contributed by atoms with Gasteiger partial charge in [0.05, 0.1) is 27.9 Å². The van der Waals surface area contributed by atoms with Crippen molar-refractivity contribution in [3.63, 3.8) is 0 Å². The van der Waals surface area contributed by atoms with Crippen LogP contribution in [-0.4, -0.2) is 35.6 Å². The zero-order valence-corrected chi connectivity index (χ0v) is 17.9. The van der Waals surface area contributed by atoms with E-state index in [9.17, 15) is 14.9 Å². The number of pyridine rings is 2. The second kappa shape index (κ2) is 8.54. The van der Waals surface area contributed by atoms with E-state index in [1.165, 1.54) is 16.9 Å². The first-order valence-corrected chi connectivity index (χ1v) is 10.3. The minimum absolute atomic E-state index is 0.124. The van der Waals surface area contributed by atoms with Gasteiger partial charge in [-0.2, -0.15) is 4.98 Å². The van der Waals surface area contributed by atoms with E-state index in [0.29, 0.717) is 28.7 Å². The fourth-order valence-electron chi connectivity index (χ4n) is 3.88. The summed E-state index contributed by atoms with van der Waals surface area (Å²) >= 11 is 0. The molecule has 2 N–H and O–H groups in total. The van der Waals surface area contributed by atoms with Crippen LogP contribution in [0.5, 0.6) is 0 Å². The highest BCUT2D eigenvalue weighted by Gasteiger charge is 2.37. The lowest BCUT2D eigenvalue weighted by Crippen LogP contribution is -2.32. The topological polar surface area (TPSA) is 141 Å². The zero-order valence-electron chi connectivity index (χ0n) is 17.9. The standard InChI is InChI=1S/C23H18N8O3/c1-14-19(22(32)27-16-5-4-10-25-13-16)20(17-6-2-3-7-18(17)31(33)34)30-23(26-14)28-21(29-30)15-8-11-24-12-9-15/h2-13,20H,1H3,(H,27,32)(H,26,28,29). The van der Waals surface area contributed by atoms with Crippen molar-refractivity contribution in [3.05, 3.63) is 100 Å². The highest BCUT2D eigenvalue weighted by molar-refractivity contribution is 6.06. The maximum Gasteiger partial charge on any atom is 0.275 e. The Bertz CT molecular complexity index is 1420. The molecule has 0 aliphatic carbocycles. The maximum atomic E-state index is 13.5. The van der Waals surface area contributed by atoms with Crippen LogP contribution in [0.15, 0.2) is 84.6 Å². The molecule has 0 saturated heterocycles. The molecule has 4 heterocycles. The molecular weight excluding hydrogens is 436 g/mol. The number of para-hydroxylation sites is 1. The first-order chi connectivity index (χ1) is 16.5. The summed E-state index contributed by atoms with van der Waals surface area (Å²) in [5.41, 5.74) is 2.19. The normalized spacial score (nSPS) is 14.8. The van der Waals surface area contributed by atoms with Gasteiger partial charge in [0.25, 0.3) is 11.6 Å². The Morgan fingerprint density at radius 1 is 1.09 bits per heavy atom. The van der Waals surface area contributed by atoms with E-state index >= 15 is 0 Å². The third kappa shape index (κ3) is 3.75. The van der Waals surface area contributed by atoms with E-state index in [0.717, 1.165) is 5.56 Å². The number of nitrogens with zero attached hydrogens (tertiary/aromatic N) is 6. The molecule has 0 radical (unpaired) electrons. The number of aromatic nitrogens is 5. The van der Waals surface area contributed by atoms with Gasteiger partial charge in [-0.15, -0.1) is 5.10 Å². The van der Waals surface area contributed by atoms with Gasteiger partial charge in [0.15, 0.2) is 5.82 Å². The molecule has 5 rings (SSSR count). The second-order valence-corrected chi connectivity index (χ2v) is 7.52. The lowest BCUT2D eigenvalue weighted by atomic mass is 9.93. The van der Waals surface area contributed by atoms with E-state index in [2.05, 4.69) is 30.7 Å². The number of benzene rings is 1. The SMILES string of the molecule is CC1=C(C(=O)Nc2cccnc2)C(c2ccccc2[N+](=O)[O-])n2nc(-c3ccncc3)nc2N1. The lowest BCUT2D eigenvalue weighted by molar-refractivity contribution is -0.385. The first kappa shape index (κ1) is 20.9. The molecule has 0 bridgehead atoms. The number of hydrogen-bond donors (Lipinski definition) is 2. The third-order valence-electron chi connectivity index (χ3n) is 5.38. The van der Waals surface area contributed by atoms with Gasteiger partial charge in [-0.3, -0.25) is 24.9 Å². The summed E-state index contributed by atoms with van der Waals surface area (Å²) in [4.78, 5) is 37.5. The number of rotatable bonds is 5. The van der Waals surface area contributed by atoms with Crippen LogP contribution in [0.3, 0.4) is 0 Å². The number of anilines is 2. The molecule has 1 unspecified atom stereocenters. The van der Waals surface area contributed by atoms with Gasteiger partial charge in [-0.1, -0.05) is 12.1 Å². The Morgan fingerprint density at radius 2 is 1.88 bits per heavy atom. The molecule has 0 spiro atoms. The number of nitrogens with one attached hydrogen (secondary N) is 2. The fourth-order valence-corrected chi connectivity index (χ4v) is 3.88. The molecule has 1 aliphatic rings. The van der Waals surface area contributed by atoms with Crippen molar-refractivity contribution in [2.24, 2.45) is 0 Å². The molecule has 0 fully saturated rings. The average Bonchev–Trinajstić information content (AvgIpc) is 3.28. The van der Waals surface area contributed by atoms with Crippen LogP contribution in [0.25, 0.3) is 11.4 Å². The van der Waals surface area contributed by atoms with Crippen LogP contribution in [0.4, 0.5) is 17.3 Å². The smallest absolute Gasteiger partial charge is 0.275 e. The van der Waals surface area contributed by atoms with Gasteiger partial charge in [0, 0.05) is 35.9 Å². The lowest BCUT2D eigenvalue weighted by Gasteiger charge is -2.28. The van der Waals surface area contributed by atoms with Crippen LogP contribution >= 0.6 is 0 Å². The Hall–Kier alpha value is -4.93. The summed E-state index contributed by atoms with van der Waals surface area (Å²) < 4.78 is 1.50. The minimum atomic E-state index is -0.891. The van der Waals surface area contributed by atoms with Crippen molar-refractivity contribution < 1.29 is 9.72 Å². The Balaban J connectivity index is 1.66. The predicted octanol–water partition coefficient (Wildman–Crippen LogP) is 3.57. The number of allylic oxidation sites excluding steroid dienone is 1. The molecule has 1 amide bonds. The number of fused-ring (bicyclic) bond motifs is 1. The van der Waals surface area contributed by atoms with Gasteiger partial charge in [-0.25, -0.2) is 4.68 Å². The molecule has 4 aromatic rings. The summed E-state index contributed by atoms with van der Waals surface area (Å²) in [6, 6.07) is 12.3. The summed E-state index contributed by atoms with van der Waals surface area (Å²) in [6.45, 7) is 1.73. The van der Waals surface area contributed by atoms with Gasteiger partial charge in [0.2, 0.25) is 5.95 Å². The molecule has 11 heteroatoms. The Morgan fingerprint density at radius 3 is 2.62 bits per heavy atom. The third-order valence-corrected chi connectivity index (χ3v) is 5.38. The van der Waals surface area contributed by atoms with E-state index in [1.807, 2.05) is 0 Å². The summed E-state index contributed by atoms with van der Waals surface area (Å²) in [5, 5.41) is 22.4. The molecule has 3 aromatic heterocycles. The number of hydrogen-bond acceptors (Lipinski definition) is 8. The highest BCUT2D eigenvalue weighted by atomic mass is 16.6. The average molecular weight is 454 g/mol. The Kier molecular flexibility index (Phi) is 5.26. The van der Waals surface area contributed by atoms with Crippen LogP contribution < -0.4 is 10.6 Å². The zero-order chi connectivity index (χ0) is 23.7. The van der Waals surface area contributed by atoms with Crippen LogP contribution in [0, 0.1) is 10.1 Å². The fraction of sp³-hybridized carbons (Fsp3) is 0.0870. The van der Waals surface area contributed by atoms with Crippen LogP contribution in [0.1, 0.15) is 18.5 Å². The molecule has 168 valence electrons. The second-order valence-electron chi connectivity index (χ2n) is 7.52. The Labute approximate surface area is 193 Å². The molecule has 34 heavy (non-hydrogen) atoms. The number of nitro groups is 1. The number of amides is 1. The number of carbonyl (C=O) groups excluding carboxylic acids is 1. The number of carbonyl (C=O) groups is 1. The molecule has 1 aromatic carbocycles. The molecule has 11 nitrogen and oxygen atoms in total. The first-order valence-electron chi connectivity index (χ1n) is 10.3. The monoisotopic (exact) mass is 454 g/mol. The van der Waals surface area contributed by atoms with Crippen LogP contribution in [0.2, 0.25) is 0 Å². The van der Waals surface area contributed by atoms with Crippen molar-refractivity contribution in [1.29, 1.82) is 0 Å². The molecule has 1 aliphatic heterocycles. The molecular formula is C23H18N8O3. The predicted molar refractivity (Wildman–Crippen MR) is 124 cm³/mol. The van der Waals surface area contributed by atoms with E-state index in [1.54, 1.807) is 68.0 Å². The van der Waals surface area contributed by atoms with Gasteiger partial charge >= 0.3 is 0 Å². The largest absolute Gasteiger partial charge is 0.328 e. The summed E-state index contributed by atoms with van der Waals surface area (Å²) in [5.74, 6) is 0.327. The van der Waals surface area contributed by atoms with Gasteiger partial charge in [0.1, 0.15) is 6.04 Å². The molecule has 0 saturated carbocycles.